The normalized spacial score (nSPS) is 10.8. The molecule has 0 fully saturated rings. The van der Waals surface area contributed by atoms with Crippen LogP contribution < -0.4 is 5.32 Å². The summed E-state index contributed by atoms with van der Waals surface area (Å²) in [6.45, 7) is 6.15. The highest BCUT2D eigenvalue weighted by Gasteiger charge is 2.09. The SMILES string of the molecule is CCCNCc1nc(-c2cccc(Cl)c2)c(C)s1. The number of rotatable bonds is 5. The summed E-state index contributed by atoms with van der Waals surface area (Å²) in [5.74, 6) is 0. The molecule has 0 amide bonds. The van der Waals surface area contributed by atoms with Crippen LogP contribution in [0.4, 0.5) is 0 Å². The molecule has 18 heavy (non-hydrogen) atoms. The van der Waals surface area contributed by atoms with Crippen LogP contribution in [-0.4, -0.2) is 11.5 Å². The molecule has 0 atom stereocenters. The van der Waals surface area contributed by atoms with Crippen molar-refractivity contribution in [2.75, 3.05) is 6.54 Å². The van der Waals surface area contributed by atoms with Crippen LogP contribution in [0, 0.1) is 6.92 Å². The van der Waals surface area contributed by atoms with Gasteiger partial charge >= 0.3 is 0 Å². The van der Waals surface area contributed by atoms with Crippen molar-refractivity contribution < 1.29 is 0 Å². The lowest BCUT2D eigenvalue weighted by atomic mass is 10.1. The number of hydrogen-bond acceptors (Lipinski definition) is 3. The summed E-state index contributed by atoms with van der Waals surface area (Å²) in [5.41, 5.74) is 2.15. The first-order valence-corrected chi connectivity index (χ1v) is 7.33. The fourth-order valence-electron chi connectivity index (χ4n) is 1.80. The van der Waals surface area contributed by atoms with Crippen molar-refractivity contribution in [2.24, 2.45) is 0 Å². The molecule has 1 heterocycles. The maximum atomic E-state index is 6.02. The van der Waals surface area contributed by atoms with E-state index >= 15 is 0 Å². The zero-order valence-electron chi connectivity index (χ0n) is 10.7. The molecule has 1 aromatic carbocycles. The van der Waals surface area contributed by atoms with E-state index in [0.29, 0.717) is 0 Å². The highest BCUT2D eigenvalue weighted by Crippen LogP contribution is 2.28. The smallest absolute Gasteiger partial charge is 0.107 e. The first-order valence-electron chi connectivity index (χ1n) is 6.13. The van der Waals surface area contributed by atoms with Gasteiger partial charge in [-0.05, 0) is 32.0 Å². The van der Waals surface area contributed by atoms with Crippen molar-refractivity contribution in [3.05, 3.63) is 39.2 Å². The second-order valence-electron chi connectivity index (χ2n) is 4.20. The summed E-state index contributed by atoms with van der Waals surface area (Å²) in [7, 11) is 0. The lowest BCUT2D eigenvalue weighted by Crippen LogP contribution is -2.13. The molecule has 0 saturated heterocycles. The average Bonchev–Trinajstić information content (AvgIpc) is 2.71. The molecule has 1 N–H and O–H groups in total. The third-order valence-electron chi connectivity index (χ3n) is 2.64. The lowest BCUT2D eigenvalue weighted by molar-refractivity contribution is 0.673. The van der Waals surface area contributed by atoms with Crippen molar-refractivity contribution >= 4 is 22.9 Å². The quantitative estimate of drug-likeness (QED) is 0.827. The Morgan fingerprint density at radius 3 is 2.94 bits per heavy atom. The summed E-state index contributed by atoms with van der Waals surface area (Å²) < 4.78 is 0. The molecule has 0 aliphatic rings. The van der Waals surface area contributed by atoms with Crippen LogP contribution in [-0.2, 0) is 6.54 Å². The standard InChI is InChI=1S/C14H17ClN2S/c1-3-7-16-9-13-17-14(10(2)18-13)11-5-4-6-12(15)8-11/h4-6,8,16H,3,7,9H2,1-2H3. The van der Waals surface area contributed by atoms with Crippen LogP contribution in [0.25, 0.3) is 11.3 Å². The van der Waals surface area contributed by atoms with Crippen LogP contribution in [0.15, 0.2) is 24.3 Å². The van der Waals surface area contributed by atoms with E-state index in [0.717, 1.165) is 40.8 Å². The van der Waals surface area contributed by atoms with E-state index in [1.807, 2.05) is 18.2 Å². The molecule has 1 aromatic heterocycles. The Labute approximate surface area is 117 Å². The highest BCUT2D eigenvalue weighted by atomic mass is 35.5. The molecule has 0 radical (unpaired) electrons. The predicted molar refractivity (Wildman–Crippen MR) is 79.3 cm³/mol. The number of benzene rings is 1. The minimum Gasteiger partial charge on any atom is -0.310 e. The molecule has 0 bridgehead atoms. The molecular weight excluding hydrogens is 264 g/mol. The van der Waals surface area contributed by atoms with Gasteiger partial charge in [-0.3, -0.25) is 0 Å². The van der Waals surface area contributed by atoms with E-state index in [1.165, 1.54) is 4.88 Å². The van der Waals surface area contributed by atoms with E-state index in [9.17, 15) is 0 Å². The zero-order chi connectivity index (χ0) is 13.0. The molecule has 2 aromatic rings. The summed E-state index contributed by atoms with van der Waals surface area (Å²) in [5, 5.41) is 5.27. The maximum Gasteiger partial charge on any atom is 0.107 e. The Morgan fingerprint density at radius 2 is 2.22 bits per heavy atom. The van der Waals surface area contributed by atoms with Crippen molar-refractivity contribution in [3.8, 4) is 11.3 Å². The molecule has 0 saturated carbocycles. The summed E-state index contributed by atoms with van der Waals surface area (Å²) in [6.07, 6.45) is 1.14. The molecule has 2 nitrogen and oxygen atoms in total. The highest BCUT2D eigenvalue weighted by molar-refractivity contribution is 7.12. The van der Waals surface area contributed by atoms with Gasteiger partial charge in [-0.25, -0.2) is 4.98 Å². The first kappa shape index (κ1) is 13.5. The number of nitrogens with zero attached hydrogens (tertiary/aromatic N) is 1. The van der Waals surface area contributed by atoms with Gasteiger partial charge in [-0.15, -0.1) is 11.3 Å². The van der Waals surface area contributed by atoms with Crippen LogP contribution in [0.3, 0.4) is 0 Å². The molecule has 4 heteroatoms. The van der Waals surface area contributed by atoms with Crippen LogP contribution in [0.5, 0.6) is 0 Å². The minimum absolute atomic E-state index is 0.755. The number of aromatic nitrogens is 1. The Morgan fingerprint density at radius 1 is 1.39 bits per heavy atom. The van der Waals surface area contributed by atoms with Gasteiger partial charge in [0.2, 0.25) is 0 Å². The number of halogens is 1. The van der Waals surface area contributed by atoms with Crippen molar-refractivity contribution in [1.82, 2.24) is 10.3 Å². The topological polar surface area (TPSA) is 24.9 Å². The molecule has 0 unspecified atom stereocenters. The largest absolute Gasteiger partial charge is 0.310 e. The van der Waals surface area contributed by atoms with E-state index in [1.54, 1.807) is 11.3 Å². The predicted octanol–water partition coefficient (Wildman–Crippen LogP) is 4.27. The number of nitrogens with one attached hydrogen (secondary N) is 1. The maximum absolute atomic E-state index is 6.02. The second-order valence-corrected chi connectivity index (χ2v) is 5.92. The van der Waals surface area contributed by atoms with Gasteiger partial charge in [-0.1, -0.05) is 30.7 Å². The zero-order valence-corrected chi connectivity index (χ0v) is 12.2. The van der Waals surface area contributed by atoms with E-state index in [-0.39, 0.29) is 0 Å². The van der Waals surface area contributed by atoms with Crippen molar-refractivity contribution in [1.29, 1.82) is 0 Å². The Hall–Kier alpha value is -0.900. The summed E-state index contributed by atoms with van der Waals surface area (Å²) in [4.78, 5) is 5.93. The van der Waals surface area contributed by atoms with Crippen LogP contribution in [0.1, 0.15) is 23.2 Å². The molecule has 2 rings (SSSR count). The average molecular weight is 281 g/mol. The van der Waals surface area contributed by atoms with Crippen molar-refractivity contribution in [2.45, 2.75) is 26.8 Å². The molecule has 96 valence electrons. The second kappa shape index (κ2) is 6.32. The van der Waals surface area contributed by atoms with Crippen molar-refractivity contribution in [3.63, 3.8) is 0 Å². The van der Waals surface area contributed by atoms with E-state index < -0.39 is 0 Å². The number of thiazole rings is 1. The van der Waals surface area contributed by atoms with Gasteiger partial charge in [0.05, 0.1) is 5.69 Å². The first-order chi connectivity index (χ1) is 8.70. The molecular formula is C14H17ClN2S. The Kier molecular flexibility index (Phi) is 4.75. The van der Waals surface area contributed by atoms with Gasteiger partial charge in [-0.2, -0.15) is 0 Å². The fourth-order valence-corrected chi connectivity index (χ4v) is 2.92. The summed E-state index contributed by atoms with van der Waals surface area (Å²) in [6, 6.07) is 7.87. The van der Waals surface area contributed by atoms with Gasteiger partial charge in [0, 0.05) is 22.0 Å². The number of aryl methyl sites for hydroxylation is 1. The minimum atomic E-state index is 0.755. The van der Waals surface area contributed by atoms with Gasteiger partial charge < -0.3 is 5.32 Å². The van der Waals surface area contributed by atoms with Crippen LogP contribution >= 0.6 is 22.9 Å². The monoisotopic (exact) mass is 280 g/mol. The molecule has 0 aliphatic carbocycles. The Bertz CT molecular complexity index is 522. The third kappa shape index (κ3) is 3.31. The molecule has 0 aliphatic heterocycles. The van der Waals surface area contributed by atoms with Crippen LogP contribution in [0.2, 0.25) is 5.02 Å². The van der Waals surface area contributed by atoms with E-state index in [4.69, 9.17) is 16.6 Å². The van der Waals surface area contributed by atoms with Gasteiger partial charge in [0.1, 0.15) is 5.01 Å². The third-order valence-corrected chi connectivity index (χ3v) is 3.85. The van der Waals surface area contributed by atoms with E-state index in [2.05, 4.69) is 25.2 Å². The lowest BCUT2D eigenvalue weighted by Gasteiger charge is -1.99. The fraction of sp³-hybridized carbons (Fsp3) is 0.357. The van der Waals surface area contributed by atoms with Gasteiger partial charge in [0.15, 0.2) is 0 Å². The molecule has 0 spiro atoms. The van der Waals surface area contributed by atoms with Gasteiger partial charge in [0.25, 0.3) is 0 Å². The summed E-state index contributed by atoms with van der Waals surface area (Å²) >= 11 is 7.77. The Balaban J connectivity index is 2.18. The number of hydrogen-bond donors (Lipinski definition) is 1.